The Hall–Kier alpha value is -0.940. The molecule has 0 fully saturated rings. The van der Waals surface area contributed by atoms with Crippen molar-refractivity contribution in [2.24, 2.45) is 0 Å². The highest BCUT2D eigenvalue weighted by atomic mass is 35.5. The normalized spacial score (nSPS) is 11.5. The van der Waals surface area contributed by atoms with E-state index in [4.69, 9.17) is 16.3 Å². The number of halogens is 4. The molecule has 1 rings (SSSR count). The number of rotatable bonds is 5. The van der Waals surface area contributed by atoms with Gasteiger partial charge in [0.2, 0.25) is 0 Å². The molecule has 0 bridgehead atoms. The number of ether oxygens (including phenoxy) is 2. The molecule has 2 nitrogen and oxygen atoms in total. The molecule has 0 unspecified atom stereocenters. The quantitative estimate of drug-likeness (QED) is 0.593. The van der Waals surface area contributed by atoms with Crippen LogP contribution in [0.1, 0.15) is 5.56 Å². The number of hydrogen-bond donors (Lipinski definition) is 0. The van der Waals surface area contributed by atoms with E-state index in [1.807, 2.05) is 0 Å². The number of benzene rings is 1. The first-order valence-electron chi connectivity index (χ1n) is 4.49. The molecule has 0 heterocycles. The second kappa shape index (κ2) is 5.96. The Morgan fingerprint density at radius 3 is 2.19 bits per heavy atom. The van der Waals surface area contributed by atoms with Crippen LogP contribution in [0.3, 0.4) is 0 Å². The Morgan fingerprint density at radius 2 is 1.69 bits per heavy atom. The van der Waals surface area contributed by atoms with Gasteiger partial charge in [0.25, 0.3) is 0 Å². The summed E-state index contributed by atoms with van der Waals surface area (Å²) in [7, 11) is 0. The summed E-state index contributed by atoms with van der Waals surface area (Å²) in [6.07, 6.45) is -4.61. The van der Waals surface area contributed by atoms with Crippen LogP contribution in [0.2, 0.25) is 0 Å². The number of alkyl halides is 4. The molecule has 0 N–H and O–H groups in total. The van der Waals surface area contributed by atoms with E-state index in [9.17, 15) is 13.2 Å². The summed E-state index contributed by atoms with van der Waals surface area (Å²) >= 11 is 5.57. The third-order valence-corrected chi connectivity index (χ3v) is 2.00. The predicted octanol–water partition coefficient (Wildman–Crippen LogP) is 3.34. The first-order chi connectivity index (χ1) is 7.51. The van der Waals surface area contributed by atoms with Gasteiger partial charge in [-0.1, -0.05) is 12.1 Å². The zero-order valence-corrected chi connectivity index (χ0v) is 9.02. The molecular weight excluding hydrogens is 245 g/mol. The third-order valence-electron chi connectivity index (χ3n) is 1.70. The van der Waals surface area contributed by atoms with E-state index in [1.165, 1.54) is 0 Å². The second-order valence-electron chi connectivity index (χ2n) is 2.92. The molecule has 0 aromatic heterocycles. The highest BCUT2D eigenvalue weighted by molar-refractivity contribution is 6.17. The first-order valence-corrected chi connectivity index (χ1v) is 5.03. The highest BCUT2D eigenvalue weighted by Crippen LogP contribution is 2.16. The van der Waals surface area contributed by atoms with Gasteiger partial charge in [-0.05, 0) is 17.7 Å². The van der Waals surface area contributed by atoms with E-state index < -0.39 is 13.0 Å². The van der Waals surface area contributed by atoms with Gasteiger partial charge < -0.3 is 4.74 Å². The van der Waals surface area contributed by atoms with E-state index >= 15 is 0 Å². The van der Waals surface area contributed by atoms with Crippen molar-refractivity contribution in [1.82, 2.24) is 0 Å². The lowest BCUT2D eigenvalue weighted by atomic mass is 10.2. The summed E-state index contributed by atoms with van der Waals surface area (Å²) in [5.74, 6) is 0.872. The zero-order valence-electron chi connectivity index (χ0n) is 8.26. The van der Waals surface area contributed by atoms with E-state index in [2.05, 4.69) is 4.74 Å². The standard InChI is InChI=1S/C10H10ClF3O2/c11-7-8-1-3-9(4-2-8)15-5-6-16-10(12,13)14/h1-4H,5-7H2. The maximum atomic E-state index is 11.6. The minimum absolute atomic E-state index is 0.153. The Bertz CT molecular complexity index is 311. The van der Waals surface area contributed by atoms with Gasteiger partial charge in [0.1, 0.15) is 12.4 Å². The van der Waals surface area contributed by atoms with Crippen LogP contribution in [0.15, 0.2) is 24.3 Å². The van der Waals surface area contributed by atoms with Crippen molar-refractivity contribution in [3.05, 3.63) is 29.8 Å². The van der Waals surface area contributed by atoms with Crippen LogP contribution in [0.25, 0.3) is 0 Å². The molecule has 0 atom stereocenters. The minimum Gasteiger partial charge on any atom is -0.491 e. The molecule has 1 aromatic rings. The van der Waals surface area contributed by atoms with Gasteiger partial charge in [-0.2, -0.15) is 0 Å². The largest absolute Gasteiger partial charge is 0.522 e. The van der Waals surface area contributed by atoms with Crippen molar-refractivity contribution in [2.75, 3.05) is 13.2 Å². The Balaban J connectivity index is 2.27. The molecular formula is C10H10ClF3O2. The van der Waals surface area contributed by atoms with Crippen molar-refractivity contribution in [3.8, 4) is 5.75 Å². The van der Waals surface area contributed by atoms with Gasteiger partial charge in [0, 0.05) is 5.88 Å². The molecule has 0 aliphatic heterocycles. The van der Waals surface area contributed by atoms with E-state index in [0.717, 1.165) is 5.56 Å². The summed E-state index contributed by atoms with van der Waals surface area (Å²) in [4.78, 5) is 0. The third kappa shape index (κ3) is 5.23. The van der Waals surface area contributed by atoms with E-state index in [0.29, 0.717) is 11.6 Å². The van der Waals surface area contributed by atoms with Crippen molar-refractivity contribution >= 4 is 11.6 Å². The average molecular weight is 255 g/mol. The van der Waals surface area contributed by atoms with Crippen LogP contribution >= 0.6 is 11.6 Å². The lowest BCUT2D eigenvalue weighted by Crippen LogP contribution is -2.18. The molecule has 0 saturated carbocycles. The maximum Gasteiger partial charge on any atom is 0.522 e. The van der Waals surface area contributed by atoms with Crippen molar-refractivity contribution in [3.63, 3.8) is 0 Å². The molecule has 16 heavy (non-hydrogen) atoms. The van der Waals surface area contributed by atoms with Gasteiger partial charge in [-0.25, -0.2) is 0 Å². The Kier molecular flexibility index (Phi) is 4.89. The Labute approximate surface area is 95.9 Å². The summed E-state index contributed by atoms with van der Waals surface area (Å²) in [5.41, 5.74) is 0.917. The highest BCUT2D eigenvalue weighted by Gasteiger charge is 2.28. The maximum absolute atomic E-state index is 11.6. The second-order valence-corrected chi connectivity index (χ2v) is 3.19. The van der Waals surface area contributed by atoms with Crippen LogP contribution in [0.5, 0.6) is 5.75 Å². The van der Waals surface area contributed by atoms with Gasteiger partial charge >= 0.3 is 6.36 Å². The fraction of sp³-hybridized carbons (Fsp3) is 0.400. The van der Waals surface area contributed by atoms with Crippen LogP contribution in [-0.4, -0.2) is 19.6 Å². The molecule has 0 saturated heterocycles. The SMILES string of the molecule is FC(F)(F)OCCOc1ccc(CCl)cc1. The molecule has 0 aliphatic rings. The number of hydrogen-bond acceptors (Lipinski definition) is 2. The van der Waals surface area contributed by atoms with Crippen LogP contribution in [-0.2, 0) is 10.6 Å². The van der Waals surface area contributed by atoms with Crippen molar-refractivity contribution in [1.29, 1.82) is 0 Å². The monoisotopic (exact) mass is 254 g/mol. The fourth-order valence-electron chi connectivity index (χ4n) is 0.992. The van der Waals surface area contributed by atoms with Gasteiger partial charge in [0.15, 0.2) is 0 Å². The molecule has 1 aromatic carbocycles. The van der Waals surface area contributed by atoms with Crippen molar-refractivity contribution in [2.45, 2.75) is 12.2 Å². The van der Waals surface area contributed by atoms with Crippen LogP contribution in [0, 0.1) is 0 Å². The van der Waals surface area contributed by atoms with Crippen LogP contribution in [0.4, 0.5) is 13.2 Å². The topological polar surface area (TPSA) is 18.5 Å². The molecule has 90 valence electrons. The average Bonchev–Trinajstić information content (AvgIpc) is 2.24. The van der Waals surface area contributed by atoms with E-state index in [-0.39, 0.29) is 6.61 Å². The fourth-order valence-corrected chi connectivity index (χ4v) is 1.17. The van der Waals surface area contributed by atoms with Gasteiger partial charge in [-0.3, -0.25) is 4.74 Å². The predicted molar refractivity (Wildman–Crippen MR) is 53.5 cm³/mol. The summed E-state index contributed by atoms with van der Waals surface area (Å²) in [6, 6.07) is 6.77. The molecule has 6 heteroatoms. The summed E-state index contributed by atoms with van der Waals surface area (Å²) in [6.45, 7) is -0.680. The lowest BCUT2D eigenvalue weighted by Gasteiger charge is -2.09. The summed E-state index contributed by atoms with van der Waals surface area (Å²) < 4.78 is 43.3. The molecule has 0 aliphatic carbocycles. The smallest absolute Gasteiger partial charge is 0.491 e. The Morgan fingerprint density at radius 1 is 1.06 bits per heavy atom. The summed E-state index contributed by atoms with van der Waals surface area (Å²) in [5, 5.41) is 0. The van der Waals surface area contributed by atoms with Crippen LogP contribution < -0.4 is 4.74 Å². The minimum atomic E-state index is -4.61. The zero-order chi connectivity index (χ0) is 12.0. The van der Waals surface area contributed by atoms with E-state index in [1.54, 1.807) is 24.3 Å². The lowest BCUT2D eigenvalue weighted by molar-refractivity contribution is -0.325. The molecule has 0 spiro atoms. The first kappa shape index (κ1) is 13.1. The molecule has 0 amide bonds. The van der Waals surface area contributed by atoms with Gasteiger partial charge in [0.05, 0.1) is 6.61 Å². The van der Waals surface area contributed by atoms with Crippen molar-refractivity contribution < 1.29 is 22.6 Å². The van der Waals surface area contributed by atoms with Gasteiger partial charge in [-0.15, -0.1) is 24.8 Å². The molecule has 0 radical (unpaired) electrons.